The van der Waals surface area contributed by atoms with E-state index in [0.717, 1.165) is 36.5 Å². The topological polar surface area (TPSA) is 50.2 Å². The summed E-state index contributed by atoms with van der Waals surface area (Å²) in [4.78, 5) is 14.6. The highest BCUT2D eigenvalue weighted by Gasteiger charge is 2.39. The van der Waals surface area contributed by atoms with Gasteiger partial charge < -0.3 is 10.2 Å². The summed E-state index contributed by atoms with van der Waals surface area (Å²) < 4.78 is 1.87. The maximum atomic E-state index is 12.7. The summed E-state index contributed by atoms with van der Waals surface area (Å²) >= 11 is 6.16. The van der Waals surface area contributed by atoms with Gasteiger partial charge in [0.2, 0.25) is 0 Å². The first-order valence-electron chi connectivity index (χ1n) is 8.86. The summed E-state index contributed by atoms with van der Waals surface area (Å²) in [6.45, 7) is 2.04. The van der Waals surface area contributed by atoms with Crippen molar-refractivity contribution in [2.45, 2.75) is 37.6 Å². The molecule has 6 heteroatoms. The van der Waals surface area contributed by atoms with Crippen molar-refractivity contribution in [3.63, 3.8) is 0 Å². The van der Waals surface area contributed by atoms with Crippen molar-refractivity contribution in [1.29, 1.82) is 0 Å². The fraction of sp³-hybridized carbons (Fsp3) is 0.474. The van der Waals surface area contributed by atoms with Crippen LogP contribution in [0.4, 0.5) is 4.79 Å². The zero-order chi connectivity index (χ0) is 17.4. The monoisotopic (exact) mass is 358 g/mol. The van der Waals surface area contributed by atoms with E-state index in [9.17, 15) is 4.79 Å². The Morgan fingerprint density at radius 3 is 2.96 bits per heavy atom. The molecule has 0 unspecified atom stereocenters. The van der Waals surface area contributed by atoms with Gasteiger partial charge in [-0.3, -0.25) is 4.68 Å². The van der Waals surface area contributed by atoms with Crippen molar-refractivity contribution >= 4 is 17.6 Å². The van der Waals surface area contributed by atoms with Crippen LogP contribution in [0.25, 0.3) is 0 Å². The third kappa shape index (κ3) is 3.01. The average molecular weight is 359 g/mol. The number of benzene rings is 1. The number of aromatic nitrogens is 2. The van der Waals surface area contributed by atoms with E-state index in [1.807, 2.05) is 41.0 Å². The second-order valence-corrected chi connectivity index (χ2v) is 7.65. The number of amides is 2. The molecular weight excluding hydrogens is 336 g/mol. The molecule has 5 nitrogen and oxygen atoms in total. The van der Waals surface area contributed by atoms with Gasteiger partial charge in [0, 0.05) is 30.6 Å². The van der Waals surface area contributed by atoms with Crippen molar-refractivity contribution in [1.82, 2.24) is 20.0 Å². The number of nitrogens with one attached hydrogen (secondary N) is 1. The summed E-state index contributed by atoms with van der Waals surface area (Å²) in [5, 5.41) is 8.22. The number of aryl methyl sites for hydroxylation is 1. The largest absolute Gasteiger partial charge is 0.337 e. The van der Waals surface area contributed by atoms with Crippen molar-refractivity contribution in [2.75, 3.05) is 13.1 Å². The molecule has 4 rings (SSSR count). The maximum absolute atomic E-state index is 12.7. The molecule has 2 aromatic rings. The first-order valence-corrected chi connectivity index (χ1v) is 9.24. The van der Waals surface area contributed by atoms with Gasteiger partial charge in [0.05, 0.1) is 18.4 Å². The van der Waals surface area contributed by atoms with Gasteiger partial charge in [0.25, 0.3) is 0 Å². The number of rotatable bonds is 3. The Balaban J connectivity index is 1.42. The van der Waals surface area contributed by atoms with Crippen LogP contribution in [-0.4, -0.2) is 33.8 Å². The minimum absolute atomic E-state index is 0.0140. The van der Waals surface area contributed by atoms with Crippen LogP contribution >= 0.6 is 11.6 Å². The summed E-state index contributed by atoms with van der Waals surface area (Å²) in [6.07, 6.45) is 6.17. The van der Waals surface area contributed by atoms with Crippen molar-refractivity contribution < 1.29 is 4.79 Å². The van der Waals surface area contributed by atoms with Gasteiger partial charge >= 0.3 is 6.03 Å². The molecule has 1 saturated carbocycles. The third-order valence-electron chi connectivity index (χ3n) is 5.75. The molecule has 2 heterocycles. The maximum Gasteiger partial charge on any atom is 0.317 e. The number of carbonyl (C=O) groups is 1. The molecule has 2 amide bonds. The van der Waals surface area contributed by atoms with Gasteiger partial charge in [-0.05, 0) is 42.5 Å². The lowest BCUT2D eigenvalue weighted by Gasteiger charge is -2.43. The molecule has 0 saturated heterocycles. The number of urea groups is 1. The molecule has 0 bridgehead atoms. The van der Waals surface area contributed by atoms with E-state index in [4.69, 9.17) is 11.6 Å². The highest BCUT2D eigenvalue weighted by molar-refractivity contribution is 6.30. The number of hydrogen-bond acceptors (Lipinski definition) is 2. The van der Waals surface area contributed by atoms with Crippen LogP contribution in [0.2, 0.25) is 5.02 Å². The molecular formula is C19H23ClN4O. The first-order chi connectivity index (χ1) is 12.1. The second-order valence-electron chi connectivity index (χ2n) is 7.21. The van der Waals surface area contributed by atoms with Crippen molar-refractivity contribution in [3.05, 3.63) is 52.3 Å². The molecule has 132 valence electrons. The summed E-state index contributed by atoms with van der Waals surface area (Å²) in [5.74, 6) is 0. The van der Waals surface area contributed by atoms with Crippen LogP contribution in [0, 0.1) is 0 Å². The molecule has 1 aliphatic carbocycles. The van der Waals surface area contributed by atoms with Crippen LogP contribution < -0.4 is 5.32 Å². The van der Waals surface area contributed by atoms with Gasteiger partial charge in [0.1, 0.15) is 0 Å². The fourth-order valence-electron chi connectivity index (χ4n) is 3.96. The van der Waals surface area contributed by atoms with Crippen molar-refractivity contribution in [3.8, 4) is 0 Å². The Hall–Kier alpha value is -2.01. The minimum Gasteiger partial charge on any atom is -0.337 e. The molecule has 2 aliphatic rings. The summed E-state index contributed by atoms with van der Waals surface area (Å²) in [6, 6.07) is 8.07. The van der Waals surface area contributed by atoms with E-state index in [-0.39, 0.29) is 11.4 Å². The van der Waals surface area contributed by atoms with Crippen LogP contribution in [0.15, 0.2) is 30.5 Å². The van der Waals surface area contributed by atoms with Gasteiger partial charge in [0.15, 0.2) is 0 Å². The predicted molar refractivity (Wildman–Crippen MR) is 97.7 cm³/mol. The van der Waals surface area contributed by atoms with Crippen LogP contribution in [0.5, 0.6) is 0 Å². The Kier molecular flexibility index (Phi) is 4.20. The Morgan fingerprint density at radius 1 is 1.40 bits per heavy atom. The number of halogens is 1. The van der Waals surface area contributed by atoms with E-state index < -0.39 is 0 Å². The van der Waals surface area contributed by atoms with Gasteiger partial charge in [-0.1, -0.05) is 30.2 Å². The standard InChI is InChI=1S/C19H23ClN4O/c1-23-17-12-24(9-6-14(17)11-22-23)18(25)21-13-19(7-3-8-19)15-4-2-5-16(20)10-15/h2,4-5,10-11H,3,6-9,12-13H2,1H3,(H,21,25). The van der Waals surface area contributed by atoms with Gasteiger partial charge in [-0.25, -0.2) is 4.79 Å². The van der Waals surface area contributed by atoms with E-state index in [2.05, 4.69) is 16.5 Å². The minimum atomic E-state index is 0.0140. The molecule has 0 spiro atoms. The van der Waals surface area contributed by atoms with Gasteiger partial charge in [-0.15, -0.1) is 0 Å². The predicted octanol–water partition coefficient (Wildman–Crippen LogP) is 3.26. The van der Waals surface area contributed by atoms with E-state index in [1.54, 1.807) is 0 Å². The number of hydrogen-bond donors (Lipinski definition) is 1. The van der Waals surface area contributed by atoms with Crippen LogP contribution in [0.3, 0.4) is 0 Å². The normalized spacial score (nSPS) is 18.4. The summed E-state index contributed by atoms with van der Waals surface area (Å²) in [5.41, 5.74) is 3.66. The Morgan fingerprint density at radius 2 is 2.24 bits per heavy atom. The third-order valence-corrected chi connectivity index (χ3v) is 5.99. The zero-order valence-corrected chi connectivity index (χ0v) is 15.2. The molecule has 0 radical (unpaired) electrons. The Bertz CT molecular complexity index is 796. The highest BCUT2D eigenvalue weighted by Crippen LogP contribution is 2.43. The lowest BCUT2D eigenvalue weighted by atomic mass is 9.64. The quantitative estimate of drug-likeness (QED) is 0.915. The average Bonchev–Trinajstić information content (AvgIpc) is 2.94. The smallest absolute Gasteiger partial charge is 0.317 e. The first kappa shape index (κ1) is 16.5. The zero-order valence-electron chi connectivity index (χ0n) is 14.5. The van der Waals surface area contributed by atoms with Gasteiger partial charge in [-0.2, -0.15) is 5.10 Å². The SMILES string of the molecule is Cn1ncc2c1CN(C(=O)NCC1(c3cccc(Cl)c3)CCC1)CC2. The fourth-order valence-corrected chi connectivity index (χ4v) is 4.15. The molecule has 1 aliphatic heterocycles. The molecule has 0 atom stereocenters. The van der Waals surface area contributed by atoms with Crippen LogP contribution in [0.1, 0.15) is 36.1 Å². The van der Waals surface area contributed by atoms with E-state index in [0.29, 0.717) is 13.1 Å². The lowest BCUT2D eigenvalue weighted by Crippen LogP contribution is -2.50. The van der Waals surface area contributed by atoms with E-state index >= 15 is 0 Å². The molecule has 1 aromatic carbocycles. The highest BCUT2D eigenvalue weighted by atomic mass is 35.5. The second kappa shape index (κ2) is 6.37. The number of fused-ring (bicyclic) bond motifs is 1. The Labute approximate surface area is 153 Å². The molecule has 1 aromatic heterocycles. The number of nitrogens with zero attached hydrogens (tertiary/aromatic N) is 3. The van der Waals surface area contributed by atoms with Crippen LogP contribution in [-0.2, 0) is 25.4 Å². The molecule has 1 N–H and O–H groups in total. The molecule has 25 heavy (non-hydrogen) atoms. The van der Waals surface area contributed by atoms with E-state index in [1.165, 1.54) is 17.5 Å². The number of carbonyl (C=O) groups excluding carboxylic acids is 1. The summed E-state index contributed by atoms with van der Waals surface area (Å²) in [7, 11) is 1.93. The lowest BCUT2D eigenvalue weighted by molar-refractivity contribution is 0.177. The van der Waals surface area contributed by atoms with Crippen molar-refractivity contribution in [2.24, 2.45) is 7.05 Å². The molecule has 1 fully saturated rings.